The Balaban J connectivity index is 0.00000136. The number of amides is 1. The maximum atomic E-state index is 14.7. The Bertz CT molecular complexity index is 684. The lowest BCUT2D eigenvalue weighted by molar-refractivity contribution is -0.0587. The van der Waals surface area contributed by atoms with Gasteiger partial charge >= 0.3 is 7.12 Å². The number of nitrogens with zero attached hydrogens (tertiary/aromatic N) is 1. The van der Waals surface area contributed by atoms with Crippen LogP contribution in [0.3, 0.4) is 0 Å². The van der Waals surface area contributed by atoms with Gasteiger partial charge in [0, 0.05) is 13.1 Å². The SMILES string of the molecule is CC.CC1CN(C(=O)c2ccc(B3OC(C)(C)C(C)(C)O3)cc2F)CC(C)O1. The molecule has 2 aliphatic heterocycles. The fourth-order valence-electron chi connectivity index (χ4n) is 3.34. The minimum atomic E-state index is -0.651. The lowest BCUT2D eigenvalue weighted by Gasteiger charge is -2.35. The number of ether oxygens (including phenoxy) is 1. The summed E-state index contributed by atoms with van der Waals surface area (Å²) in [6, 6.07) is 4.55. The van der Waals surface area contributed by atoms with Gasteiger partial charge in [-0.25, -0.2) is 4.39 Å². The number of benzene rings is 1. The van der Waals surface area contributed by atoms with Crippen LogP contribution in [0.4, 0.5) is 4.39 Å². The zero-order valence-corrected chi connectivity index (χ0v) is 18.3. The van der Waals surface area contributed by atoms with Crippen molar-refractivity contribution in [1.29, 1.82) is 0 Å². The van der Waals surface area contributed by atoms with Crippen LogP contribution >= 0.6 is 0 Å². The molecule has 5 nitrogen and oxygen atoms in total. The summed E-state index contributed by atoms with van der Waals surface area (Å²) in [7, 11) is -0.651. The van der Waals surface area contributed by atoms with Gasteiger partial charge in [-0.15, -0.1) is 0 Å². The van der Waals surface area contributed by atoms with Gasteiger partial charge in [0.15, 0.2) is 0 Å². The van der Waals surface area contributed by atoms with Crippen molar-refractivity contribution >= 4 is 18.5 Å². The molecule has 0 spiro atoms. The first-order valence-electron chi connectivity index (χ1n) is 10.1. The Morgan fingerprint density at radius 2 is 1.57 bits per heavy atom. The smallest absolute Gasteiger partial charge is 0.399 e. The summed E-state index contributed by atoms with van der Waals surface area (Å²) in [4.78, 5) is 14.4. The van der Waals surface area contributed by atoms with E-state index in [-0.39, 0.29) is 23.7 Å². The number of hydrogen-bond donors (Lipinski definition) is 0. The van der Waals surface area contributed by atoms with Gasteiger partial charge in [-0.2, -0.15) is 0 Å². The minimum Gasteiger partial charge on any atom is -0.399 e. The second-order valence-electron chi connectivity index (χ2n) is 8.29. The molecule has 1 amide bonds. The Hall–Kier alpha value is -1.44. The molecule has 2 aliphatic rings. The molecule has 3 rings (SSSR count). The number of hydrogen-bond acceptors (Lipinski definition) is 4. The number of carbonyl (C=O) groups is 1. The molecule has 0 N–H and O–H groups in total. The van der Waals surface area contributed by atoms with Crippen LogP contribution in [0.2, 0.25) is 0 Å². The fraction of sp³-hybridized carbons (Fsp3) is 0.667. The summed E-state index contributed by atoms with van der Waals surface area (Å²) in [6.07, 6.45) is -0.121. The maximum Gasteiger partial charge on any atom is 0.494 e. The van der Waals surface area contributed by atoms with Crippen molar-refractivity contribution in [1.82, 2.24) is 4.90 Å². The number of morpholine rings is 1. The first-order chi connectivity index (χ1) is 13.0. The molecular weight excluding hydrogens is 360 g/mol. The number of halogens is 1. The Morgan fingerprint density at radius 3 is 2.04 bits per heavy atom. The van der Waals surface area contributed by atoms with Crippen LogP contribution in [-0.4, -0.2) is 54.4 Å². The standard InChI is InChI=1S/C19H27BFNO4.C2H6/c1-12-10-22(11-13(2)24-12)17(23)15-8-7-14(9-16(15)21)20-25-18(3,4)19(5,6)26-20;1-2/h7-9,12-13H,10-11H2,1-6H3;1-2H3. The highest BCUT2D eigenvalue weighted by atomic mass is 19.1. The van der Waals surface area contributed by atoms with Crippen LogP contribution in [0.1, 0.15) is 65.7 Å². The van der Waals surface area contributed by atoms with Crippen LogP contribution in [0, 0.1) is 5.82 Å². The Labute approximate surface area is 168 Å². The average Bonchev–Trinajstić information content (AvgIpc) is 2.83. The number of rotatable bonds is 2. The van der Waals surface area contributed by atoms with Crippen LogP contribution in [-0.2, 0) is 14.0 Å². The summed E-state index contributed by atoms with van der Waals surface area (Å²) in [5, 5.41) is 0. The lowest BCUT2D eigenvalue weighted by atomic mass is 9.78. The van der Waals surface area contributed by atoms with Gasteiger partial charge < -0.3 is 18.9 Å². The third-order valence-corrected chi connectivity index (χ3v) is 5.46. The topological polar surface area (TPSA) is 48.0 Å². The van der Waals surface area contributed by atoms with Crippen molar-refractivity contribution < 1.29 is 23.2 Å². The van der Waals surface area contributed by atoms with E-state index in [1.54, 1.807) is 11.0 Å². The van der Waals surface area contributed by atoms with E-state index >= 15 is 0 Å². The molecule has 2 fully saturated rings. The van der Waals surface area contributed by atoms with Gasteiger partial charge in [-0.1, -0.05) is 19.9 Å². The molecule has 0 aromatic heterocycles. The van der Waals surface area contributed by atoms with Gasteiger partial charge in [-0.05, 0) is 59.1 Å². The second kappa shape index (κ2) is 8.51. The second-order valence-corrected chi connectivity index (χ2v) is 8.29. The van der Waals surface area contributed by atoms with E-state index in [9.17, 15) is 9.18 Å². The summed E-state index contributed by atoms with van der Waals surface area (Å²) >= 11 is 0. The van der Waals surface area contributed by atoms with Gasteiger partial charge in [0.05, 0.1) is 29.0 Å². The fourth-order valence-corrected chi connectivity index (χ4v) is 3.34. The quantitative estimate of drug-likeness (QED) is 0.723. The highest BCUT2D eigenvalue weighted by molar-refractivity contribution is 6.62. The average molecular weight is 393 g/mol. The van der Waals surface area contributed by atoms with Gasteiger partial charge in [0.25, 0.3) is 5.91 Å². The number of carbonyl (C=O) groups excluding carboxylic acids is 1. The molecule has 28 heavy (non-hydrogen) atoms. The monoisotopic (exact) mass is 393 g/mol. The van der Waals surface area contributed by atoms with Gasteiger partial charge in [0.2, 0.25) is 0 Å². The van der Waals surface area contributed by atoms with E-state index in [4.69, 9.17) is 14.0 Å². The lowest BCUT2D eigenvalue weighted by Crippen LogP contribution is -2.48. The largest absolute Gasteiger partial charge is 0.494 e. The molecule has 0 aliphatic carbocycles. The Morgan fingerprint density at radius 1 is 1.07 bits per heavy atom. The van der Waals surface area contributed by atoms with Crippen molar-refractivity contribution in [2.75, 3.05) is 13.1 Å². The molecule has 2 saturated heterocycles. The third kappa shape index (κ3) is 4.58. The van der Waals surface area contributed by atoms with E-state index in [1.807, 2.05) is 55.4 Å². The van der Waals surface area contributed by atoms with Crippen LogP contribution in [0.5, 0.6) is 0 Å². The summed E-state index contributed by atoms with van der Waals surface area (Å²) < 4.78 is 32.2. The maximum absolute atomic E-state index is 14.7. The third-order valence-electron chi connectivity index (χ3n) is 5.46. The summed E-state index contributed by atoms with van der Waals surface area (Å²) in [5.74, 6) is -0.876. The zero-order chi connectivity index (χ0) is 21.3. The van der Waals surface area contributed by atoms with Crippen molar-refractivity contribution in [2.24, 2.45) is 0 Å². The van der Waals surface area contributed by atoms with Crippen LogP contribution in [0.25, 0.3) is 0 Å². The van der Waals surface area contributed by atoms with Gasteiger partial charge in [0.1, 0.15) is 5.82 Å². The molecule has 2 atom stereocenters. The molecule has 1 aromatic carbocycles. The predicted molar refractivity (Wildman–Crippen MR) is 109 cm³/mol. The molecular formula is C21H33BFNO4. The van der Waals surface area contributed by atoms with Crippen molar-refractivity contribution in [3.8, 4) is 0 Å². The normalized spacial score (nSPS) is 25.9. The van der Waals surface area contributed by atoms with Crippen molar-refractivity contribution in [3.05, 3.63) is 29.6 Å². The predicted octanol–water partition coefficient (Wildman–Crippen LogP) is 3.40. The van der Waals surface area contributed by atoms with Gasteiger partial charge in [-0.3, -0.25) is 4.79 Å². The first-order valence-corrected chi connectivity index (χ1v) is 10.1. The molecule has 2 heterocycles. The van der Waals surface area contributed by atoms with Crippen LogP contribution < -0.4 is 5.46 Å². The molecule has 2 unspecified atom stereocenters. The molecule has 7 heteroatoms. The summed E-state index contributed by atoms with van der Waals surface area (Å²) in [6.45, 7) is 16.5. The summed E-state index contributed by atoms with van der Waals surface area (Å²) in [5.41, 5.74) is -0.362. The van der Waals surface area contributed by atoms with E-state index in [0.717, 1.165) is 0 Å². The molecule has 156 valence electrons. The molecule has 0 saturated carbocycles. The van der Waals surface area contributed by atoms with E-state index < -0.39 is 24.1 Å². The van der Waals surface area contributed by atoms with E-state index in [0.29, 0.717) is 18.6 Å². The molecule has 1 aromatic rings. The zero-order valence-electron chi connectivity index (χ0n) is 18.3. The first kappa shape index (κ1) is 22.8. The molecule has 0 bridgehead atoms. The van der Waals surface area contributed by atoms with E-state index in [1.165, 1.54) is 12.1 Å². The van der Waals surface area contributed by atoms with Crippen molar-refractivity contribution in [2.45, 2.75) is 78.8 Å². The van der Waals surface area contributed by atoms with Crippen molar-refractivity contribution in [3.63, 3.8) is 0 Å². The Kier molecular flexibility index (Phi) is 6.95. The minimum absolute atomic E-state index is 0.0604. The van der Waals surface area contributed by atoms with E-state index in [2.05, 4.69) is 0 Å². The molecule has 0 radical (unpaired) electrons. The highest BCUT2D eigenvalue weighted by Gasteiger charge is 2.51. The highest BCUT2D eigenvalue weighted by Crippen LogP contribution is 2.36. The van der Waals surface area contributed by atoms with Crippen LogP contribution in [0.15, 0.2) is 18.2 Å².